The molecule has 0 aliphatic carbocycles. The van der Waals surface area contributed by atoms with Crippen LogP contribution >= 0.6 is 11.8 Å². The summed E-state index contributed by atoms with van der Waals surface area (Å²) in [5.41, 5.74) is 3.53. The predicted octanol–water partition coefficient (Wildman–Crippen LogP) is 5.66. The number of nitrogens with zero attached hydrogens (tertiary/aromatic N) is 2. The quantitative estimate of drug-likeness (QED) is 0.196. The summed E-state index contributed by atoms with van der Waals surface area (Å²) in [6.07, 6.45) is -0.0648. The van der Waals surface area contributed by atoms with E-state index in [4.69, 9.17) is 9.47 Å². The van der Waals surface area contributed by atoms with E-state index < -0.39 is 30.2 Å². The number of carbonyl (C=O) groups is 3. The van der Waals surface area contributed by atoms with Gasteiger partial charge in [-0.3, -0.25) is 9.59 Å². The van der Waals surface area contributed by atoms with E-state index >= 15 is 0 Å². The number of benzene rings is 3. The van der Waals surface area contributed by atoms with Crippen molar-refractivity contribution in [1.82, 2.24) is 4.98 Å². The molecule has 218 valence electrons. The molecule has 1 saturated heterocycles. The van der Waals surface area contributed by atoms with E-state index in [9.17, 15) is 24.6 Å². The average molecular weight is 597 g/mol. The molecule has 2 N–H and O–H groups in total. The van der Waals surface area contributed by atoms with Crippen LogP contribution in [0.1, 0.15) is 67.1 Å². The highest BCUT2D eigenvalue weighted by atomic mass is 32.2. The van der Waals surface area contributed by atoms with Crippen molar-refractivity contribution in [3.8, 4) is 0 Å². The van der Waals surface area contributed by atoms with Crippen molar-refractivity contribution in [2.24, 2.45) is 5.92 Å². The minimum atomic E-state index is -1.05. The largest absolute Gasteiger partial charge is 0.478 e. The van der Waals surface area contributed by atoms with Crippen LogP contribution in [-0.2, 0) is 16.1 Å². The second kappa shape index (κ2) is 12.1. The Kier molecular flexibility index (Phi) is 8.09. The lowest BCUT2D eigenvalue weighted by atomic mass is 9.91. The normalized spacial score (nSPS) is 21.6. The summed E-state index contributed by atoms with van der Waals surface area (Å²) in [7, 11) is 0. The van der Waals surface area contributed by atoms with Crippen molar-refractivity contribution in [2.45, 2.75) is 37.1 Å². The molecule has 0 spiro atoms. The number of amides is 2. The first-order valence-corrected chi connectivity index (χ1v) is 14.7. The van der Waals surface area contributed by atoms with E-state index in [-0.39, 0.29) is 24.2 Å². The third kappa shape index (κ3) is 5.57. The number of hydrogen-bond donors (Lipinski definition) is 2. The maximum Gasteiger partial charge on any atom is 0.338 e. The Morgan fingerprint density at radius 2 is 1.63 bits per heavy atom. The standard InChI is InChI=1S/C33H28N2O7S/c1-19-27(18-43-29-26(32(39)40)10-5-15-34-29)41-33(42-28(19)21-13-11-20(17-36)12-14-21)22-6-4-7-23(16-22)35-30(37)24-8-2-3-9-25(24)31(35)38/h2-16,19,27-28,33,36H,17-18H2,1H3,(H,39,40)/t19-,27+,28+,33+/m0/s1. The van der Waals surface area contributed by atoms with Crippen molar-refractivity contribution < 1.29 is 34.1 Å². The lowest BCUT2D eigenvalue weighted by molar-refractivity contribution is -0.268. The van der Waals surface area contributed by atoms with Gasteiger partial charge in [0.15, 0.2) is 6.29 Å². The maximum absolute atomic E-state index is 13.1. The van der Waals surface area contributed by atoms with Crippen molar-refractivity contribution in [1.29, 1.82) is 0 Å². The monoisotopic (exact) mass is 596 g/mol. The SMILES string of the molecule is C[C@H]1[C@@H](CSc2ncccc2C(=O)O)O[C@@H](c2cccc(N3C(=O)c4ccccc4C3=O)c2)O[C@H]1c1ccc(CO)cc1. The van der Waals surface area contributed by atoms with E-state index in [2.05, 4.69) is 4.98 Å². The molecule has 2 amide bonds. The molecule has 0 unspecified atom stereocenters. The number of carbonyl (C=O) groups excluding carboxylic acids is 2. The maximum atomic E-state index is 13.1. The van der Waals surface area contributed by atoms with Gasteiger partial charge in [0.25, 0.3) is 11.8 Å². The highest BCUT2D eigenvalue weighted by Gasteiger charge is 2.40. The van der Waals surface area contributed by atoms with Gasteiger partial charge in [-0.05, 0) is 47.5 Å². The van der Waals surface area contributed by atoms with Crippen LogP contribution in [0.5, 0.6) is 0 Å². The number of anilines is 1. The summed E-state index contributed by atoms with van der Waals surface area (Å²) in [6, 6.07) is 24.3. The predicted molar refractivity (Wildman–Crippen MR) is 159 cm³/mol. The summed E-state index contributed by atoms with van der Waals surface area (Å²) in [5, 5.41) is 19.5. The van der Waals surface area contributed by atoms with Gasteiger partial charge in [0.2, 0.25) is 0 Å². The molecule has 6 rings (SSSR count). The number of aromatic carboxylic acids is 1. The Morgan fingerprint density at radius 1 is 0.907 bits per heavy atom. The van der Waals surface area contributed by atoms with E-state index in [1.807, 2.05) is 37.3 Å². The van der Waals surface area contributed by atoms with Crippen molar-refractivity contribution in [3.63, 3.8) is 0 Å². The Balaban J connectivity index is 1.31. The number of aromatic nitrogens is 1. The van der Waals surface area contributed by atoms with Gasteiger partial charge in [0.05, 0.1) is 41.2 Å². The fourth-order valence-electron chi connectivity index (χ4n) is 5.37. The Labute approximate surface area is 252 Å². The molecule has 0 bridgehead atoms. The molecule has 9 nitrogen and oxygen atoms in total. The molecule has 2 aliphatic rings. The van der Waals surface area contributed by atoms with Gasteiger partial charge in [0.1, 0.15) is 5.03 Å². The van der Waals surface area contributed by atoms with Gasteiger partial charge < -0.3 is 19.7 Å². The zero-order valence-electron chi connectivity index (χ0n) is 23.1. The van der Waals surface area contributed by atoms with Crippen LogP contribution in [-0.4, -0.2) is 44.8 Å². The van der Waals surface area contributed by atoms with Crippen LogP contribution in [0.3, 0.4) is 0 Å². The fourth-order valence-corrected chi connectivity index (χ4v) is 6.52. The lowest BCUT2D eigenvalue weighted by Gasteiger charge is -2.41. The van der Waals surface area contributed by atoms with Gasteiger partial charge in [-0.15, -0.1) is 11.8 Å². The van der Waals surface area contributed by atoms with E-state index in [0.29, 0.717) is 33.2 Å². The topological polar surface area (TPSA) is 126 Å². The van der Waals surface area contributed by atoms with Crippen molar-refractivity contribution in [3.05, 3.63) is 125 Å². The lowest BCUT2D eigenvalue weighted by Crippen LogP contribution is -2.38. The third-order valence-corrected chi connectivity index (χ3v) is 8.80. The molecule has 4 aromatic rings. The van der Waals surface area contributed by atoms with E-state index in [1.165, 1.54) is 17.8 Å². The summed E-state index contributed by atoms with van der Waals surface area (Å²) >= 11 is 1.30. The van der Waals surface area contributed by atoms with Crippen molar-refractivity contribution >= 4 is 35.2 Å². The van der Waals surface area contributed by atoms with Crippen LogP contribution in [0, 0.1) is 5.92 Å². The molecule has 3 heterocycles. The van der Waals surface area contributed by atoms with Gasteiger partial charge in [0, 0.05) is 23.4 Å². The smallest absolute Gasteiger partial charge is 0.338 e. The Morgan fingerprint density at radius 3 is 2.30 bits per heavy atom. The first-order valence-electron chi connectivity index (χ1n) is 13.7. The number of thioether (sulfide) groups is 1. The molecular formula is C33H28N2O7S. The molecule has 1 fully saturated rings. The zero-order chi connectivity index (χ0) is 30.1. The molecule has 0 radical (unpaired) electrons. The minimum absolute atomic E-state index is 0.0764. The van der Waals surface area contributed by atoms with Gasteiger partial charge in [-0.2, -0.15) is 0 Å². The number of aliphatic hydroxyl groups is 1. The molecule has 2 aliphatic heterocycles. The number of fused-ring (bicyclic) bond motifs is 1. The average Bonchev–Trinajstić information content (AvgIpc) is 3.30. The fraction of sp³-hybridized carbons (Fsp3) is 0.212. The third-order valence-electron chi connectivity index (χ3n) is 7.70. The van der Waals surface area contributed by atoms with Crippen LogP contribution in [0.25, 0.3) is 0 Å². The van der Waals surface area contributed by atoms with Crippen LogP contribution < -0.4 is 4.90 Å². The van der Waals surface area contributed by atoms with Gasteiger partial charge in [-0.1, -0.05) is 55.5 Å². The summed E-state index contributed by atoms with van der Waals surface area (Å²) in [4.78, 5) is 43.5. The number of hydrogen-bond acceptors (Lipinski definition) is 8. The van der Waals surface area contributed by atoms with Crippen LogP contribution in [0.4, 0.5) is 5.69 Å². The second-order valence-electron chi connectivity index (χ2n) is 10.4. The zero-order valence-corrected chi connectivity index (χ0v) is 23.9. The summed E-state index contributed by atoms with van der Waals surface area (Å²) < 4.78 is 13.0. The first-order chi connectivity index (χ1) is 20.9. The highest BCUT2D eigenvalue weighted by Crippen LogP contribution is 2.44. The molecule has 1 aromatic heterocycles. The number of aliphatic hydroxyl groups excluding tert-OH is 1. The van der Waals surface area contributed by atoms with Gasteiger partial charge >= 0.3 is 5.97 Å². The van der Waals surface area contributed by atoms with Gasteiger partial charge in [-0.25, -0.2) is 14.7 Å². The molecule has 4 atom stereocenters. The number of rotatable bonds is 8. The van der Waals surface area contributed by atoms with Crippen LogP contribution in [0.2, 0.25) is 0 Å². The molecule has 0 saturated carbocycles. The van der Waals surface area contributed by atoms with E-state index in [1.54, 1.807) is 54.7 Å². The van der Waals surface area contributed by atoms with Crippen LogP contribution in [0.15, 0.2) is 96.2 Å². The van der Waals surface area contributed by atoms with Crippen molar-refractivity contribution in [2.75, 3.05) is 10.7 Å². The second-order valence-corrected chi connectivity index (χ2v) is 11.4. The Hall–Kier alpha value is -4.35. The molecule has 3 aromatic carbocycles. The summed E-state index contributed by atoms with van der Waals surface area (Å²) in [5.74, 6) is -1.57. The number of ether oxygens (including phenoxy) is 2. The number of imide groups is 1. The number of carboxylic acid groups (broad SMARTS) is 1. The Bertz CT molecular complexity index is 1660. The first kappa shape index (κ1) is 28.8. The highest BCUT2D eigenvalue weighted by molar-refractivity contribution is 7.99. The summed E-state index contributed by atoms with van der Waals surface area (Å²) in [6.45, 7) is 1.94. The number of pyridine rings is 1. The molecule has 10 heteroatoms. The van der Waals surface area contributed by atoms with E-state index in [0.717, 1.165) is 16.0 Å². The minimum Gasteiger partial charge on any atom is -0.478 e. The number of carboxylic acids is 1. The molecule has 43 heavy (non-hydrogen) atoms. The molecular weight excluding hydrogens is 568 g/mol.